The molecule has 0 aliphatic heterocycles. The van der Waals surface area contributed by atoms with Gasteiger partial charge in [-0.15, -0.1) is 11.8 Å². The molecule has 108 valence electrons. The van der Waals surface area contributed by atoms with E-state index in [1.165, 1.54) is 0 Å². The van der Waals surface area contributed by atoms with Crippen molar-refractivity contribution in [1.29, 1.82) is 5.26 Å². The fourth-order valence-corrected chi connectivity index (χ4v) is 2.49. The summed E-state index contributed by atoms with van der Waals surface area (Å²) in [7, 11) is 3.49. The second-order valence-electron chi connectivity index (χ2n) is 4.68. The van der Waals surface area contributed by atoms with Crippen molar-refractivity contribution in [3.05, 3.63) is 23.8 Å². The van der Waals surface area contributed by atoms with Gasteiger partial charge >= 0.3 is 0 Å². The summed E-state index contributed by atoms with van der Waals surface area (Å²) in [6.45, 7) is 3.12. The highest BCUT2D eigenvalue weighted by Crippen LogP contribution is 2.29. The Hall–Kier alpha value is -1.67. The number of benzene rings is 1. The number of hydrogen-bond donors (Lipinski definition) is 0. The molecule has 20 heavy (non-hydrogen) atoms. The zero-order valence-electron chi connectivity index (χ0n) is 12.5. The molecule has 0 spiro atoms. The second kappa shape index (κ2) is 7.81. The lowest BCUT2D eigenvalue weighted by Gasteiger charge is -2.26. The van der Waals surface area contributed by atoms with E-state index in [0.717, 1.165) is 23.5 Å². The summed E-state index contributed by atoms with van der Waals surface area (Å²) in [5, 5.41) is 9.41. The van der Waals surface area contributed by atoms with Crippen LogP contribution in [-0.4, -0.2) is 44.2 Å². The molecule has 1 aromatic carbocycles. The number of hydrogen-bond acceptors (Lipinski definition) is 4. The summed E-state index contributed by atoms with van der Waals surface area (Å²) in [6, 6.07) is 8.05. The second-order valence-corrected chi connectivity index (χ2v) is 5.52. The maximum Gasteiger partial charge on any atom is 0.241 e. The molecule has 1 aromatic rings. The molecule has 1 amide bonds. The van der Waals surface area contributed by atoms with Gasteiger partial charge in [-0.05, 0) is 24.8 Å². The monoisotopic (exact) mass is 291 g/mol. The van der Waals surface area contributed by atoms with Crippen molar-refractivity contribution in [2.24, 2.45) is 0 Å². The minimum atomic E-state index is 0.0388. The van der Waals surface area contributed by atoms with Gasteiger partial charge in [-0.3, -0.25) is 4.79 Å². The van der Waals surface area contributed by atoms with Crippen molar-refractivity contribution in [3.63, 3.8) is 0 Å². The molecule has 5 heteroatoms. The van der Waals surface area contributed by atoms with Crippen molar-refractivity contribution in [2.75, 3.05) is 38.3 Å². The average Bonchev–Trinajstić information content (AvgIpc) is 2.45. The highest BCUT2D eigenvalue weighted by molar-refractivity contribution is 7.98. The zero-order valence-corrected chi connectivity index (χ0v) is 13.3. The Bertz CT molecular complexity index is 508. The van der Waals surface area contributed by atoms with E-state index in [4.69, 9.17) is 0 Å². The number of nitrogens with zero attached hydrogens (tertiary/aromatic N) is 3. The molecule has 0 unspecified atom stereocenters. The molecule has 0 aliphatic carbocycles. The summed E-state index contributed by atoms with van der Waals surface area (Å²) >= 11 is 1.55. The zero-order chi connectivity index (χ0) is 15.1. The molecule has 0 fully saturated rings. The first kappa shape index (κ1) is 16.4. The van der Waals surface area contributed by atoms with Gasteiger partial charge < -0.3 is 9.80 Å². The maximum atomic E-state index is 12.0. The van der Waals surface area contributed by atoms with Crippen molar-refractivity contribution in [1.82, 2.24) is 4.90 Å². The van der Waals surface area contributed by atoms with Crippen LogP contribution in [0.5, 0.6) is 0 Å². The summed E-state index contributed by atoms with van der Waals surface area (Å²) in [5.41, 5.74) is 1.50. The van der Waals surface area contributed by atoms with Gasteiger partial charge in [-0.1, -0.05) is 13.0 Å². The minimum absolute atomic E-state index is 0.0388. The minimum Gasteiger partial charge on any atom is -0.361 e. The third kappa shape index (κ3) is 3.91. The highest BCUT2D eigenvalue weighted by atomic mass is 32.2. The number of thioether (sulfide) groups is 1. The van der Waals surface area contributed by atoms with E-state index in [0.29, 0.717) is 12.1 Å². The van der Waals surface area contributed by atoms with Gasteiger partial charge in [0.15, 0.2) is 0 Å². The number of likely N-dealkylation sites (N-methyl/N-ethyl adjacent to an activating group) is 1. The van der Waals surface area contributed by atoms with Crippen molar-refractivity contribution >= 4 is 23.4 Å². The lowest BCUT2D eigenvalue weighted by Crippen LogP contribution is -2.37. The van der Waals surface area contributed by atoms with Gasteiger partial charge in [0.1, 0.15) is 6.07 Å². The van der Waals surface area contributed by atoms with E-state index in [-0.39, 0.29) is 5.91 Å². The number of nitriles is 1. The number of rotatable bonds is 6. The van der Waals surface area contributed by atoms with Crippen molar-refractivity contribution in [2.45, 2.75) is 18.2 Å². The van der Waals surface area contributed by atoms with E-state index in [9.17, 15) is 10.1 Å². The Morgan fingerprint density at radius 2 is 2.10 bits per heavy atom. The van der Waals surface area contributed by atoms with E-state index in [1.54, 1.807) is 30.8 Å². The fourth-order valence-electron chi connectivity index (χ4n) is 1.92. The van der Waals surface area contributed by atoms with Crippen LogP contribution in [0, 0.1) is 11.3 Å². The first-order valence-corrected chi connectivity index (χ1v) is 7.79. The van der Waals surface area contributed by atoms with E-state index < -0.39 is 0 Å². The van der Waals surface area contributed by atoms with E-state index in [2.05, 4.69) is 13.0 Å². The standard InChI is InChI=1S/C15H21N3OS/c1-5-9-18(11-15(19)17(2)3)13-7-6-8-14(20-4)12(13)10-16/h6-8H,5,9,11H2,1-4H3. The Labute approximate surface area is 125 Å². The fraction of sp³-hybridized carbons (Fsp3) is 0.467. The predicted octanol–water partition coefficient (Wildman–Crippen LogP) is 2.58. The molecule has 4 nitrogen and oxygen atoms in total. The van der Waals surface area contributed by atoms with Crippen LogP contribution in [0.1, 0.15) is 18.9 Å². The summed E-state index contributed by atoms with van der Waals surface area (Å²) in [6.07, 6.45) is 2.88. The summed E-state index contributed by atoms with van der Waals surface area (Å²) in [5.74, 6) is 0.0388. The van der Waals surface area contributed by atoms with Crippen LogP contribution < -0.4 is 4.90 Å². The van der Waals surface area contributed by atoms with Crippen LogP contribution in [0.4, 0.5) is 5.69 Å². The molecular formula is C15H21N3OS. The molecule has 0 radical (unpaired) electrons. The topological polar surface area (TPSA) is 47.3 Å². The largest absolute Gasteiger partial charge is 0.361 e. The number of carbonyl (C=O) groups excluding carboxylic acids is 1. The van der Waals surface area contributed by atoms with Crippen LogP contribution in [0.3, 0.4) is 0 Å². The number of anilines is 1. The Balaban J connectivity index is 3.15. The summed E-state index contributed by atoms with van der Waals surface area (Å²) in [4.78, 5) is 16.5. The quantitative estimate of drug-likeness (QED) is 0.756. The maximum absolute atomic E-state index is 12.0. The number of carbonyl (C=O) groups is 1. The normalized spacial score (nSPS) is 9.95. The van der Waals surface area contributed by atoms with Gasteiger partial charge in [0.05, 0.1) is 17.8 Å². The predicted molar refractivity (Wildman–Crippen MR) is 84.1 cm³/mol. The molecule has 0 heterocycles. The van der Waals surface area contributed by atoms with Crippen LogP contribution >= 0.6 is 11.8 Å². The third-order valence-electron chi connectivity index (χ3n) is 3.00. The van der Waals surface area contributed by atoms with Gasteiger partial charge in [0.2, 0.25) is 5.91 Å². The van der Waals surface area contributed by atoms with Crippen molar-refractivity contribution < 1.29 is 4.79 Å². The molecule has 0 N–H and O–H groups in total. The van der Waals surface area contributed by atoms with Gasteiger partial charge in [-0.2, -0.15) is 5.26 Å². The van der Waals surface area contributed by atoms with Gasteiger partial charge in [0, 0.05) is 25.5 Å². The lowest BCUT2D eigenvalue weighted by atomic mass is 10.1. The molecule has 0 saturated carbocycles. The lowest BCUT2D eigenvalue weighted by molar-refractivity contribution is -0.127. The van der Waals surface area contributed by atoms with Crippen molar-refractivity contribution in [3.8, 4) is 6.07 Å². The van der Waals surface area contributed by atoms with Gasteiger partial charge in [0.25, 0.3) is 0 Å². The average molecular weight is 291 g/mol. The smallest absolute Gasteiger partial charge is 0.241 e. The molecule has 0 atom stereocenters. The third-order valence-corrected chi connectivity index (χ3v) is 3.78. The first-order chi connectivity index (χ1) is 9.54. The highest BCUT2D eigenvalue weighted by Gasteiger charge is 2.17. The Kier molecular flexibility index (Phi) is 6.40. The van der Waals surface area contributed by atoms with Gasteiger partial charge in [-0.25, -0.2) is 0 Å². The molecule has 0 aliphatic rings. The Morgan fingerprint density at radius 3 is 2.60 bits per heavy atom. The van der Waals surface area contributed by atoms with E-state index in [1.807, 2.05) is 29.4 Å². The molecule has 0 aromatic heterocycles. The van der Waals surface area contributed by atoms with Crippen LogP contribution in [0.2, 0.25) is 0 Å². The molecular weight excluding hydrogens is 270 g/mol. The van der Waals surface area contributed by atoms with Crippen LogP contribution in [0.15, 0.2) is 23.1 Å². The molecule has 0 bridgehead atoms. The van der Waals surface area contributed by atoms with Crippen LogP contribution in [-0.2, 0) is 4.79 Å². The first-order valence-electron chi connectivity index (χ1n) is 6.57. The van der Waals surface area contributed by atoms with Crippen LogP contribution in [0.25, 0.3) is 0 Å². The number of amides is 1. The summed E-state index contributed by atoms with van der Waals surface area (Å²) < 4.78 is 0. The SMILES string of the molecule is CCCN(CC(=O)N(C)C)c1cccc(SC)c1C#N. The molecule has 0 saturated heterocycles. The van der Waals surface area contributed by atoms with E-state index >= 15 is 0 Å². The molecule has 1 rings (SSSR count). The Morgan fingerprint density at radius 1 is 1.40 bits per heavy atom.